The van der Waals surface area contributed by atoms with E-state index < -0.39 is 15.1 Å². The van der Waals surface area contributed by atoms with E-state index >= 15 is 0 Å². The number of benzene rings is 2. The van der Waals surface area contributed by atoms with Gasteiger partial charge < -0.3 is 0 Å². The molecule has 1 aliphatic rings. The van der Waals surface area contributed by atoms with Gasteiger partial charge in [-0.1, -0.05) is 36.6 Å². The summed E-state index contributed by atoms with van der Waals surface area (Å²) in [6.45, 7) is 0. The van der Waals surface area contributed by atoms with Crippen LogP contribution in [0.4, 0.5) is 0 Å². The highest BCUT2D eigenvalue weighted by atomic mass is 35.5. The lowest BCUT2D eigenvalue weighted by atomic mass is 10.2. The van der Waals surface area contributed by atoms with E-state index in [2.05, 4.69) is 4.98 Å². The van der Waals surface area contributed by atoms with Crippen molar-refractivity contribution in [1.29, 1.82) is 5.26 Å². The molecular formula is C21H18ClN3O2S2. The number of sulfone groups is 1. The van der Waals surface area contributed by atoms with Gasteiger partial charge in [0.2, 0.25) is 0 Å². The van der Waals surface area contributed by atoms with Gasteiger partial charge in [0.25, 0.3) is 0 Å². The van der Waals surface area contributed by atoms with Crippen molar-refractivity contribution in [2.75, 3.05) is 0 Å². The summed E-state index contributed by atoms with van der Waals surface area (Å²) in [5.41, 5.74) is 1.47. The second-order valence-electron chi connectivity index (χ2n) is 6.94. The topological polar surface area (TPSA) is 83.7 Å². The van der Waals surface area contributed by atoms with E-state index in [1.807, 2.05) is 24.3 Å². The Morgan fingerprint density at radius 1 is 1.03 bits per heavy atom. The molecule has 148 valence electrons. The van der Waals surface area contributed by atoms with Crippen LogP contribution < -0.4 is 0 Å². The van der Waals surface area contributed by atoms with Crippen LogP contribution in [-0.2, 0) is 9.84 Å². The van der Waals surface area contributed by atoms with Crippen molar-refractivity contribution in [2.45, 2.75) is 46.1 Å². The second-order valence-corrected chi connectivity index (χ2v) is 10.7. The van der Waals surface area contributed by atoms with Crippen LogP contribution in [0.2, 0.25) is 5.02 Å². The smallest absolute Gasteiger partial charge is 0.200 e. The molecule has 1 atom stereocenters. The lowest BCUT2D eigenvalue weighted by molar-refractivity contribution is 0.589. The van der Waals surface area contributed by atoms with Crippen LogP contribution in [0.5, 0.6) is 0 Å². The molecule has 0 bridgehead atoms. The first-order chi connectivity index (χ1) is 14.0. The molecule has 0 unspecified atom stereocenters. The number of thioether (sulfide) groups is 1. The van der Waals surface area contributed by atoms with E-state index in [1.54, 1.807) is 6.07 Å². The number of fused-ring (bicyclic) bond motifs is 1. The third-order valence-electron chi connectivity index (χ3n) is 4.96. The van der Waals surface area contributed by atoms with Gasteiger partial charge in [0, 0.05) is 10.3 Å². The molecule has 0 amide bonds. The number of aromatic nitrogens is 2. The molecule has 4 rings (SSSR count). The predicted molar refractivity (Wildman–Crippen MR) is 115 cm³/mol. The minimum absolute atomic E-state index is 0.0419. The highest BCUT2D eigenvalue weighted by Gasteiger charge is 2.34. The molecule has 0 saturated heterocycles. The van der Waals surface area contributed by atoms with E-state index in [4.69, 9.17) is 16.6 Å². The molecule has 1 aromatic heterocycles. The van der Waals surface area contributed by atoms with E-state index in [0.717, 1.165) is 25.7 Å². The van der Waals surface area contributed by atoms with Crippen molar-refractivity contribution in [2.24, 2.45) is 0 Å². The lowest BCUT2D eigenvalue weighted by Gasteiger charge is -2.16. The number of hydrogen-bond acceptors (Lipinski definition) is 6. The van der Waals surface area contributed by atoms with Gasteiger partial charge in [0.05, 0.1) is 22.0 Å². The van der Waals surface area contributed by atoms with E-state index in [1.165, 1.54) is 36.0 Å². The van der Waals surface area contributed by atoms with E-state index in [0.29, 0.717) is 26.3 Å². The molecule has 29 heavy (non-hydrogen) atoms. The molecule has 1 heterocycles. The summed E-state index contributed by atoms with van der Waals surface area (Å²) >= 11 is 7.43. The standard InChI is InChI=1S/C21H18ClN3O2S2/c22-14-9-11-16(12-10-14)29(26,27)19(13-23)20-21(28-15-5-1-2-6-15)25-18-8-4-3-7-17(18)24-20/h3-4,7-12,15,19H,1-2,5-6H2/t19-/m1/s1. The van der Waals surface area contributed by atoms with Gasteiger partial charge in [0.15, 0.2) is 15.1 Å². The van der Waals surface area contributed by atoms with Crippen molar-refractivity contribution < 1.29 is 8.42 Å². The van der Waals surface area contributed by atoms with Gasteiger partial charge in [-0.2, -0.15) is 5.26 Å². The minimum atomic E-state index is -3.98. The SMILES string of the molecule is N#C[C@H](c1nc2ccccc2nc1SC1CCCC1)S(=O)(=O)c1ccc(Cl)cc1. The summed E-state index contributed by atoms with van der Waals surface area (Å²) in [4.78, 5) is 9.32. The third-order valence-corrected chi connectivity index (χ3v) is 8.42. The molecule has 0 spiro atoms. The highest BCUT2D eigenvalue weighted by Crippen LogP contribution is 2.39. The van der Waals surface area contributed by atoms with Gasteiger partial charge in [0.1, 0.15) is 10.7 Å². The van der Waals surface area contributed by atoms with Crippen LogP contribution >= 0.6 is 23.4 Å². The monoisotopic (exact) mass is 443 g/mol. The summed E-state index contributed by atoms with van der Waals surface area (Å²) in [5.74, 6) is 0. The van der Waals surface area contributed by atoms with Crippen LogP contribution in [-0.4, -0.2) is 23.6 Å². The highest BCUT2D eigenvalue weighted by molar-refractivity contribution is 8.00. The van der Waals surface area contributed by atoms with Crippen molar-refractivity contribution in [1.82, 2.24) is 9.97 Å². The first-order valence-electron chi connectivity index (χ1n) is 9.31. The van der Waals surface area contributed by atoms with Crippen LogP contribution in [0.1, 0.15) is 36.6 Å². The third kappa shape index (κ3) is 4.11. The van der Waals surface area contributed by atoms with Crippen molar-refractivity contribution in [3.63, 3.8) is 0 Å². The largest absolute Gasteiger partial charge is 0.246 e. The average molecular weight is 444 g/mol. The zero-order chi connectivity index (χ0) is 20.4. The Morgan fingerprint density at radius 2 is 1.66 bits per heavy atom. The maximum atomic E-state index is 13.3. The summed E-state index contributed by atoms with van der Waals surface area (Å²) < 4.78 is 26.5. The summed E-state index contributed by atoms with van der Waals surface area (Å²) in [6, 6.07) is 15.1. The Morgan fingerprint density at radius 3 is 2.28 bits per heavy atom. The zero-order valence-electron chi connectivity index (χ0n) is 15.5. The Kier molecular flexibility index (Phi) is 5.77. The zero-order valence-corrected chi connectivity index (χ0v) is 17.8. The molecule has 8 heteroatoms. The molecule has 1 saturated carbocycles. The summed E-state index contributed by atoms with van der Waals surface area (Å²) in [7, 11) is -3.98. The van der Waals surface area contributed by atoms with Gasteiger partial charge in [-0.3, -0.25) is 0 Å². The normalized spacial score (nSPS) is 16.0. The Balaban J connectivity index is 1.84. The molecular weight excluding hydrogens is 426 g/mol. The molecule has 5 nitrogen and oxygen atoms in total. The Hall–Kier alpha value is -2.14. The maximum absolute atomic E-state index is 13.3. The van der Waals surface area contributed by atoms with Crippen LogP contribution in [0.3, 0.4) is 0 Å². The Labute approximate surface area is 179 Å². The number of nitrogens with zero attached hydrogens (tertiary/aromatic N) is 3. The van der Waals surface area contributed by atoms with Crippen LogP contribution in [0.15, 0.2) is 58.5 Å². The second kappa shape index (κ2) is 8.31. The first-order valence-corrected chi connectivity index (χ1v) is 12.1. The fourth-order valence-corrected chi connectivity index (χ4v) is 6.36. The predicted octanol–water partition coefficient (Wildman–Crippen LogP) is 5.36. The minimum Gasteiger partial charge on any atom is -0.246 e. The van der Waals surface area contributed by atoms with Gasteiger partial charge in [-0.05, 0) is 49.2 Å². The first kappa shape index (κ1) is 20.1. The van der Waals surface area contributed by atoms with Crippen molar-refractivity contribution in [3.8, 4) is 6.07 Å². The molecule has 1 aliphatic carbocycles. The number of halogens is 1. The fourth-order valence-electron chi connectivity index (χ4n) is 3.46. The van der Waals surface area contributed by atoms with E-state index in [9.17, 15) is 13.7 Å². The lowest BCUT2D eigenvalue weighted by Crippen LogP contribution is -2.16. The number of para-hydroxylation sites is 2. The molecule has 0 aliphatic heterocycles. The molecule has 0 radical (unpaired) electrons. The van der Waals surface area contributed by atoms with Crippen molar-refractivity contribution >= 4 is 44.2 Å². The van der Waals surface area contributed by atoms with Crippen LogP contribution in [0.25, 0.3) is 11.0 Å². The molecule has 1 fully saturated rings. The maximum Gasteiger partial charge on any atom is 0.200 e. The molecule has 3 aromatic rings. The van der Waals surface area contributed by atoms with Gasteiger partial charge in [-0.25, -0.2) is 18.4 Å². The quantitative estimate of drug-likeness (QED) is 0.528. The summed E-state index contributed by atoms with van der Waals surface area (Å²) in [5, 5.41) is 9.74. The Bertz CT molecular complexity index is 1180. The number of nitriles is 1. The van der Waals surface area contributed by atoms with Crippen LogP contribution in [0, 0.1) is 11.3 Å². The molecule has 2 aromatic carbocycles. The molecule has 0 N–H and O–H groups in total. The fraction of sp³-hybridized carbons (Fsp3) is 0.286. The van der Waals surface area contributed by atoms with Gasteiger partial charge in [-0.15, -0.1) is 11.8 Å². The van der Waals surface area contributed by atoms with Crippen molar-refractivity contribution in [3.05, 3.63) is 59.2 Å². The van der Waals surface area contributed by atoms with Gasteiger partial charge >= 0.3 is 0 Å². The van der Waals surface area contributed by atoms with E-state index in [-0.39, 0.29) is 10.6 Å². The number of hydrogen-bond donors (Lipinski definition) is 0. The summed E-state index contributed by atoms with van der Waals surface area (Å²) in [6.07, 6.45) is 4.41. The average Bonchev–Trinajstić information content (AvgIpc) is 3.22. The number of rotatable bonds is 5.